The fourth-order valence-corrected chi connectivity index (χ4v) is 9.04. The van der Waals surface area contributed by atoms with E-state index in [0.717, 1.165) is 95.6 Å². The predicted molar refractivity (Wildman–Crippen MR) is 179 cm³/mol. The number of rotatable bonds is 11. The van der Waals surface area contributed by atoms with Crippen LogP contribution in [0.25, 0.3) is 0 Å². The molecule has 1 unspecified atom stereocenters. The zero-order valence-electron chi connectivity index (χ0n) is 28.2. The van der Waals surface area contributed by atoms with Crippen molar-refractivity contribution in [1.82, 2.24) is 20.0 Å². The molecule has 2 aromatic rings. The summed E-state index contributed by atoms with van der Waals surface area (Å²) in [4.78, 5) is 21.6. The molecule has 8 nitrogen and oxygen atoms in total. The van der Waals surface area contributed by atoms with Crippen LogP contribution >= 0.6 is 0 Å². The average Bonchev–Trinajstić information content (AvgIpc) is 3.47. The van der Waals surface area contributed by atoms with Gasteiger partial charge in [-0.3, -0.25) is 0 Å². The highest BCUT2D eigenvalue weighted by Gasteiger charge is 2.53. The Morgan fingerprint density at radius 3 is 2.45 bits per heavy atom. The van der Waals surface area contributed by atoms with Gasteiger partial charge in [-0.05, 0) is 120 Å². The van der Waals surface area contributed by atoms with Crippen LogP contribution in [-0.2, 0) is 16.7 Å². The van der Waals surface area contributed by atoms with Crippen LogP contribution in [-0.4, -0.2) is 100 Å². The van der Waals surface area contributed by atoms with Crippen LogP contribution in [0.3, 0.4) is 0 Å². The minimum Gasteiger partial charge on any atom is -0.453 e. The van der Waals surface area contributed by atoms with Gasteiger partial charge < -0.3 is 29.7 Å². The Bertz CT molecular complexity index is 1450. The number of nitriles is 1. The lowest BCUT2D eigenvalue weighted by molar-refractivity contribution is 0.0223. The van der Waals surface area contributed by atoms with Crippen molar-refractivity contribution < 1.29 is 18.3 Å². The SMILES string of the molecule is COC(=O)N[C@H]1CCC[C@@H]1C(CN1CCC1)(c1cccc(F)c1)C1CCN(CC2CN(c3cc(CN(C)C)c(C#N)cc3F)C2)CC1. The van der Waals surface area contributed by atoms with Crippen molar-refractivity contribution in [3.8, 4) is 6.07 Å². The van der Waals surface area contributed by atoms with Crippen molar-refractivity contribution >= 4 is 11.8 Å². The average molecular weight is 649 g/mol. The number of amides is 1. The molecular weight excluding hydrogens is 598 g/mol. The molecule has 2 aromatic carbocycles. The third-order valence-corrected chi connectivity index (χ3v) is 11.4. The minimum absolute atomic E-state index is 0.00755. The van der Waals surface area contributed by atoms with E-state index in [1.54, 1.807) is 6.07 Å². The van der Waals surface area contributed by atoms with Gasteiger partial charge in [-0.2, -0.15) is 5.26 Å². The Labute approximate surface area is 278 Å². The monoisotopic (exact) mass is 648 g/mol. The summed E-state index contributed by atoms with van der Waals surface area (Å²) >= 11 is 0. The molecule has 254 valence electrons. The number of anilines is 1. The highest BCUT2D eigenvalue weighted by molar-refractivity contribution is 5.67. The van der Waals surface area contributed by atoms with Crippen LogP contribution < -0.4 is 10.2 Å². The van der Waals surface area contributed by atoms with Crippen LogP contribution in [0.2, 0.25) is 0 Å². The van der Waals surface area contributed by atoms with Gasteiger partial charge in [-0.1, -0.05) is 18.6 Å². The summed E-state index contributed by atoms with van der Waals surface area (Å²) in [6.45, 7) is 8.12. The maximum Gasteiger partial charge on any atom is 0.407 e. The molecule has 1 amide bonds. The van der Waals surface area contributed by atoms with Crippen molar-refractivity contribution in [1.29, 1.82) is 5.26 Å². The van der Waals surface area contributed by atoms with Crippen LogP contribution in [0.4, 0.5) is 19.3 Å². The topological polar surface area (TPSA) is 75.1 Å². The van der Waals surface area contributed by atoms with E-state index >= 15 is 4.39 Å². The third-order valence-electron chi connectivity index (χ3n) is 11.4. The summed E-state index contributed by atoms with van der Waals surface area (Å²) < 4.78 is 35.0. The van der Waals surface area contributed by atoms with Gasteiger partial charge in [-0.25, -0.2) is 13.6 Å². The maximum atomic E-state index is 15.0. The molecule has 1 saturated carbocycles. The van der Waals surface area contributed by atoms with Crippen molar-refractivity contribution in [2.75, 3.05) is 78.5 Å². The molecule has 10 heteroatoms. The zero-order chi connectivity index (χ0) is 33.1. The number of alkyl carbamates (subject to hydrolysis) is 1. The summed E-state index contributed by atoms with van der Waals surface area (Å²) in [5.41, 5.74) is 2.63. The molecule has 47 heavy (non-hydrogen) atoms. The Kier molecular flexibility index (Phi) is 10.4. The zero-order valence-corrected chi connectivity index (χ0v) is 28.2. The van der Waals surface area contributed by atoms with Crippen molar-refractivity contribution in [2.24, 2.45) is 17.8 Å². The van der Waals surface area contributed by atoms with Gasteiger partial charge in [0.2, 0.25) is 0 Å². The molecule has 4 aliphatic rings. The highest BCUT2D eigenvalue weighted by atomic mass is 19.1. The molecule has 3 aliphatic heterocycles. The molecule has 0 bridgehead atoms. The Morgan fingerprint density at radius 2 is 1.81 bits per heavy atom. The molecule has 0 spiro atoms. The smallest absolute Gasteiger partial charge is 0.407 e. The lowest BCUT2D eigenvalue weighted by Gasteiger charge is -2.54. The number of hydrogen-bond acceptors (Lipinski definition) is 7. The second kappa shape index (κ2) is 14.5. The number of methoxy groups -OCH3 is 1. The van der Waals surface area contributed by atoms with Crippen LogP contribution in [0.5, 0.6) is 0 Å². The Hall–Kier alpha value is -3.26. The minimum atomic E-state index is -0.391. The van der Waals surface area contributed by atoms with E-state index in [1.807, 2.05) is 31.1 Å². The molecule has 3 saturated heterocycles. The van der Waals surface area contributed by atoms with Crippen LogP contribution in [0, 0.1) is 40.7 Å². The number of carbonyl (C=O) groups excluding carboxylic acids is 1. The molecule has 6 rings (SSSR count). The van der Waals surface area contributed by atoms with Gasteiger partial charge >= 0.3 is 6.09 Å². The molecule has 4 fully saturated rings. The van der Waals surface area contributed by atoms with Gasteiger partial charge in [0.15, 0.2) is 0 Å². The third kappa shape index (κ3) is 7.13. The fourth-order valence-electron chi connectivity index (χ4n) is 9.04. The number of nitrogens with zero attached hydrogens (tertiary/aromatic N) is 5. The van der Waals surface area contributed by atoms with Crippen molar-refractivity contribution in [3.05, 3.63) is 64.7 Å². The van der Waals surface area contributed by atoms with E-state index in [4.69, 9.17) is 4.74 Å². The summed E-state index contributed by atoms with van der Waals surface area (Å²) in [6, 6.07) is 12.6. The number of halogens is 2. The van der Waals surface area contributed by atoms with Gasteiger partial charge in [-0.15, -0.1) is 0 Å². The predicted octanol–water partition coefficient (Wildman–Crippen LogP) is 5.21. The number of carbonyl (C=O) groups is 1. The maximum absolute atomic E-state index is 15.0. The lowest BCUT2D eigenvalue weighted by Crippen LogP contribution is -2.60. The van der Waals surface area contributed by atoms with Gasteiger partial charge in [0.05, 0.1) is 24.4 Å². The van der Waals surface area contributed by atoms with E-state index in [-0.39, 0.29) is 29.0 Å². The number of hydrogen-bond donors (Lipinski definition) is 1. The molecular formula is C37H50F2N6O2. The molecule has 0 radical (unpaired) electrons. The molecule has 3 atom stereocenters. The first-order chi connectivity index (χ1) is 22.7. The molecule has 1 N–H and O–H groups in total. The first kappa shape index (κ1) is 33.6. The second-order valence-corrected chi connectivity index (χ2v) is 14.6. The second-order valence-electron chi connectivity index (χ2n) is 14.6. The van der Waals surface area contributed by atoms with Crippen LogP contribution in [0.1, 0.15) is 55.2 Å². The standard InChI is InChI=1S/C37H50F2N6O2/c1-42(2)24-28-18-35(33(39)17-27(28)20-40)45-22-26(23-45)21-43-15-11-29(12-16-43)37(25-44-13-6-14-44,30-7-4-8-31(38)19-30)32-9-5-10-34(32)41-36(46)47-3/h4,7-8,17-19,26,29,32,34H,5-6,9-16,21-25H2,1-3H3,(H,41,46)/t32-,34-,37?/m0/s1. The number of nitrogens with one attached hydrogen (secondary N) is 1. The van der Waals surface area contributed by atoms with E-state index in [2.05, 4.69) is 32.2 Å². The molecule has 1 aliphatic carbocycles. The van der Waals surface area contributed by atoms with E-state index in [9.17, 15) is 14.4 Å². The van der Waals surface area contributed by atoms with Gasteiger partial charge in [0, 0.05) is 50.1 Å². The summed E-state index contributed by atoms with van der Waals surface area (Å²) in [5, 5.41) is 12.7. The lowest BCUT2D eigenvalue weighted by atomic mass is 9.57. The van der Waals surface area contributed by atoms with Crippen LogP contribution in [0.15, 0.2) is 36.4 Å². The van der Waals surface area contributed by atoms with Crippen molar-refractivity contribution in [3.63, 3.8) is 0 Å². The number of likely N-dealkylation sites (tertiary alicyclic amines) is 2. The number of benzene rings is 2. The Morgan fingerprint density at radius 1 is 1.04 bits per heavy atom. The number of piperidine rings is 1. The van der Waals surface area contributed by atoms with E-state index in [0.29, 0.717) is 29.6 Å². The Balaban J connectivity index is 1.16. The summed E-state index contributed by atoms with van der Waals surface area (Å²) in [7, 11) is 5.32. The summed E-state index contributed by atoms with van der Waals surface area (Å²) in [5.74, 6) is 0.473. The normalized spacial score (nSPS) is 24.0. The first-order valence-electron chi connectivity index (χ1n) is 17.4. The van der Waals surface area contributed by atoms with E-state index < -0.39 is 6.09 Å². The largest absolute Gasteiger partial charge is 0.453 e. The number of ether oxygens (including phenoxy) is 1. The van der Waals surface area contributed by atoms with Gasteiger partial charge in [0.1, 0.15) is 11.6 Å². The van der Waals surface area contributed by atoms with Crippen molar-refractivity contribution in [2.45, 2.75) is 56.5 Å². The summed E-state index contributed by atoms with van der Waals surface area (Å²) in [6.07, 6.45) is 5.76. The molecule has 0 aromatic heterocycles. The fraction of sp³-hybridized carbons (Fsp3) is 0.622. The first-order valence-corrected chi connectivity index (χ1v) is 17.4. The van der Waals surface area contributed by atoms with Gasteiger partial charge in [0.25, 0.3) is 0 Å². The quantitative estimate of drug-likeness (QED) is 0.359. The molecule has 3 heterocycles. The van der Waals surface area contributed by atoms with E-state index in [1.165, 1.54) is 25.7 Å². The highest BCUT2D eigenvalue weighted by Crippen LogP contribution is 2.51.